The molecule has 2 aromatic carbocycles. The number of ether oxygens (including phenoxy) is 1. The van der Waals surface area contributed by atoms with Gasteiger partial charge in [0.15, 0.2) is 0 Å². The maximum absolute atomic E-state index is 6.23. The molecule has 0 aliphatic carbocycles. The van der Waals surface area contributed by atoms with Crippen LogP contribution in [0.3, 0.4) is 0 Å². The zero-order chi connectivity index (χ0) is 13.5. The van der Waals surface area contributed by atoms with E-state index in [1.165, 1.54) is 10.8 Å². The first kappa shape index (κ1) is 16.8. The third-order valence-electron chi connectivity index (χ3n) is 3.37. The van der Waals surface area contributed by atoms with Gasteiger partial charge in [0.1, 0.15) is 5.75 Å². The highest BCUT2D eigenvalue weighted by Crippen LogP contribution is 2.27. The van der Waals surface area contributed by atoms with E-state index in [-0.39, 0.29) is 12.4 Å². The van der Waals surface area contributed by atoms with E-state index in [4.69, 9.17) is 4.74 Å². The third kappa shape index (κ3) is 4.39. The van der Waals surface area contributed by atoms with Gasteiger partial charge in [-0.15, -0.1) is 12.4 Å². The maximum Gasteiger partial charge on any atom is 0.127 e. The Labute approximate surface area is 127 Å². The van der Waals surface area contributed by atoms with Gasteiger partial charge in [0.25, 0.3) is 0 Å². The van der Waals surface area contributed by atoms with E-state index in [1.807, 2.05) is 7.05 Å². The van der Waals surface area contributed by atoms with Crippen molar-refractivity contribution >= 4 is 23.2 Å². The average Bonchev–Trinajstić information content (AvgIpc) is 2.45. The van der Waals surface area contributed by atoms with Crippen LogP contribution in [0.4, 0.5) is 0 Å². The quantitative estimate of drug-likeness (QED) is 0.816. The summed E-state index contributed by atoms with van der Waals surface area (Å²) in [5.41, 5.74) is 0. The maximum atomic E-state index is 6.23. The van der Waals surface area contributed by atoms with Crippen molar-refractivity contribution in [3.05, 3.63) is 42.5 Å². The second-order valence-electron chi connectivity index (χ2n) is 4.90. The molecule has 0 fully saturated rings. The van der Waals surface area contributed by atoms with Crippen LogP contribution in [0.15, 0.2) is 42.5 Å². The topological polar surface area (TPSA) is 21.3 Å². The summed E-state index contributed by atoms with van der Waals surface area (Å²) < 4.78 is 6.23. The molecule has 2 rings (SSSR count). The minimum atomic E-state index is 0. The summed E-state index contributed by atoms with van der Waals surface area (Å²) in [6.45, 7) is 3.20. The fraction of sp³-hybridized carbons (Fsp3) is 0.412. The normalized spacial score (nSPS) is 11.9. The van der Waals surface area contributed by atoms with Crippen LogP contribution in [-0.2, 0) is 0 Å². The van der Waals surface area contributed by atoms with Crippen molar-refractivity contribution in [2.45, 2.75) is 32.3 Å². The second-order valence-corrected chi connectivity index (χ2v) is 4.90. The van der Waals surface area contributed by atoms with Crippen LogP contribution in [0.25, 0.3) is 10.8 Å². The molecule has 0 amide bonds. The highest BCUT2D eigenvalue weighted by molar-refractivity contribution is 5.88. The van der Waals surface area contributed by atoms with Crippen LogP contribution < -0.4 is 10.1 Å². The molecule has 0 saturated carbocycles. The SMILES string of the molecule is CCC[C@@H](CCNC)Oc1cccc2ccccc12.Cl. The summed E-state index contributed by atoms with van der Waals surface area (Å²) in [7, 11) is 1.99. The predicted molar refractivity (Wildman–Crippen MR) is 89.1 cm³/mol. The van der Waals surface area contributed by atoms with Gasteiger partial charge in [0, 0.05) is 5.39 Å². The van der Waals surface area contributed by atoms with Gasteiger partial charge < -0.3 is 10.1 Å². The standard InChI is InChI=1S/C17H23NO.ClH/c1-3-7-15(12-13-18-2)19-17-11-6-9-14-8-4-5-10-16(14)17;/h4-6,8-11,15,18H,3,7,12-13H2,1-2H3;1H/t15-;/m0./s1. The summed E-state index contributed by atoms with van der Waals surface area (Å²) in [6, 6.07) is 14.7. The number of fused-ring (bicyclic) bond motifs is 1. The van der Waals surface area contributed by atoms with Crippen LogP contribution in [-0.4, -0.2) is 19.7 Å². The zero-order valence-electron chi connectivity index (χ0n) is 12.3. The highest BCUT2D eigenvalue weighted by Gasteiger charge is 2.10. The minimum Gasteiger partial charge on any atom is -0.490 e. The van der Waals surface area contributed by atoms with E-state index in [9.17, 15) is 0 Å². The molecule has 20 heavy (non-hydrogen) atoms. The molecular formula is C17H24ClNO. The molecule has 2 nitrogen and oxygen atoms in total. The summed E-state index contributed by atoms with van der Waals surface area (Å²) in [4.78, 5) is 0. The number of benzene rings is 2. The number of hydrogen-bond donors (Lipinski definition) is 1. The Bertz CT molecular complexity index is 510. The Morgan fingerprint density at radius 1 is 1.05 bits per heavy atom. The molecule has 0 bridgehead atoms. The lowest BCUT2D eigenvalue weighted by molar-refractivity contribution is 0.182. The first-order valence-electron chi connectivity index (χ1n) is 7.14. The van der Waals surface area contributed by atoms with Gasteiger partial charge in [-0.2, -0.15) is 0 Å². The van der Waals surface area contributed by atoms with Crippen molar-refractivity contribution in [3.63, 3.8) is 0 Å². The van der Waals surface area contributed by atoms with Crippen LogP contribution >= 0.6 is 12.4 Å². The van der Waals surface area contributed by atoms with Gasteiger partial charge in [0.05, 0.1) is 6.10 Å². The summed E-state index contributed by atoms with van der Waals surface area (Å²) in [5, 5.41) is 5.64. The summed E-state index contributed by atoms with van der Waals surface area (Å²) in [6.07, 6.45) is 3.60. The van der Waals surface area contributed by atoms with E-state index in [0.29, 0.717) is 6.10 Å². The molecule has 1 N–H and O–H groups in total. The Hall–Kier alpha value is -1.25. The van der Waals surface area contributed by atoms with Crippen molar-refractivity contribution in [1.29, 1.82) is 0 Å². The summed E-state index contributed by atoms with van der Waals surface area (Å²) in [5.74, 6) is 1.01. The Morgan fingerprint density at radius 2 is 1.80 bits per heavy atom. The van der Waals surface area contributed by atoms with Gasteiger partial charge in [-0.3, -0.25) is 0 Å². The van der Waals surface area contributed by atoms with E-state index in [1.54, 1.807) is 0 Å². The Morgan fingerprint density at radius 3 is 2.55 bits per heavy atom. The van der Waals surface area contributed by atoms with Crippen LogP contribution in [0.5, 0.6) is 5.75 Å². The molecule has 0 aromatic heterocycles. The molecule has 0 heterocycles. The minimum absolute atomic E-state index is 0. The van der Waals surface area contributed by atoms with Crippen molar-refractivity contribution in [3.8, 4) is 5.75 Å². The van der Waals surface area contributed by atoms with E-state index >= 15 is 0 Å². The lowest BCUT2D eigenvalue weighted by Gasteiger charge is -2.19. The zero-order valence-corrected chi connectivity index (χ0v) is 13.1. The van der Waals surface area contributed by atoms with E-state index in [2.05, 4.69) is 54.7 Å². The average molecular weight is 294 g/mol. The number of halogens is 1. The molecule has 0 unspecified atom stereocenters. The van der Waals surface area contributed by atoms with E-state index in [0.717, 1.165) is 31.6 Å². The highest BCUT2D eigenvalue weighted by atomic mass is 35.5. The third-order valence-corrected chi connectivity index (χ3v) is 3.37. The monoisotopic (exact) mass is 293 g/mol. The first-order chi connectivity index (χ1) is 9.35. The van der Waals surface area contributed by atoms with Gasteiger partial charge in [-0.1, -0.05) is 49.7 Å². The number of rotatable bonds is 7. The molecule has 2 aromatic rings. The molecule has 1 atom stereocenters. The largest absolute Gasteiger partial charge is 0.490 e. The molecule has 0 aliphatic rings. The first-order valence-corrected chi connectivity index (χ1v) is 7.14. The molecule has 0 saturated heterocycles. The van der Waals surface area contributed by atoms with Crippen LogP contribution in [0.2, 0.25) is 0 Å². The van der Waals surface area contributed by atoms with E-state index < -0.39 is 0 Å². The fourth-order valence-corrected chi connectivity index (χ4v) is 2.37. The number of nitrogens with one attached hydrogen (secondary N) is 1. The van der Waals surface area contributed by atoms with Crippen LogP contribution in [0.1, 0.15) is 26.2 Å². The van der Waals surface area contributed by atoms with Crippen molar-refractivity contribution in [1.82, 2.24) is 5.32 Å². The van der Waals surface area contributed by atoms with Gasteiger partial charge >= 0.3 is 0 Å². The van der Waals surface area contributed by atoms with Crippen LogP contribution in [0, 0.1) is 0 Å². The lowest BCUT2D eigenvalue weighted by atomic mass is 10.1. The fourth-order valence-electron chi connectivity index (χ4n) is 2.37. The molecule has 0 aliphatic heterocycles. The Balaban J connectivity index is 0.00000200. The summed E-state index contributed by atoms with van der Waals surface area (Å²) >= 11 is 0. The lowest BCUT2D eigenvalue weighted by Crippen LogP contribution is -2.22. The predicted octanol–water partition coefficient (Wildman–Crippen LogP) is 4.42. The molecule has 0 radical (unpaired) electrons. The van der Waals surface area contributed by atoms with Crippen molar-refractivity contribution < 1.29 is 4.74 Å². The van der Waals surface area contributed by atoms with Gasteiger partial charge in [-0.25, -0.2) is 0 Å². The Kier molecular flexibility index (Phi) is 7.42. The van der Waals surface area contributed by atoms with Gasteiger partial charge in [0.2, 0.25) is 0 Å². The molecular weight excluding hydrogens is 270 g/mol. The van der Waals surface area contributed by atoms with Crippen molar-refractivity contribution in [2.24, 2.45) is 0 Å². The van der Waals surface area contributed by atoms with Crippen molar-refractivity contribution in [2.75, 3.05) is 13.6 Å². The van der Waals surface area contributed by atoms with Gasteiger partial charge in [-0.05, 0) is 37.9 Å². The molecule has 0 spiro atoms. The molecule has 110 valence electrons. The number of hydrogen-bond acceptors (Lipinski definition) is 2. The molecule has 3 heteroatoms. The smallest absolute Gasteiger partial charge is 0.127 e. The second kappa shape index (κ2) is 8.83.